The maximum absolute atomic E-state index is 13.1. The maximum atomic E-state index is 13.1. The smallest absolute Gasteiger partial charge is 0.218 e. The Balaban J connectivity index is 1.82. The minimum Gasteiger partial charge on any atom is -0.392 e. The molecule has 2 atom stereocenters. The van der Waals surface area contributed by atoms with E-state index in [1.165, 1.54) is 28.6 Å². The largest absolute Gasteiger partial charge is 0.392 e. The van der Waals surface area contributed by atoms with Crippen LogP contribution in [0.15, 0.2) is 54.6 Å². The summed E-state index contributed by atoms with van der Waals surface area (Å²) in [6, 6.07) is 14.7. The Morgan fingerprint density at radius 2 is 1.85 bits per heavy atom. The first-order chi connectivity index (χ1) is 12.8. The lowest BCUT2D eigenvalue weighted by atomic mass is 10.1. The third-order valence-corrected chi connectivity index (χ3v) is 6.83. The first-order valence-electron chi connectivity index (χ1n) is 9.00. The molecule has 0 saturated carbocycles. The van der Waals surface area contributed by atoms with Crippen molar-refractivity contribution in [1.29, 1.82) is 0 Å². The maximum Gasteiger partial charge on any atom is 0.218 e. The van der Waals surface area contributed by atoms with E-state index in [1.54, 1.807) is 7.05 Å². The van der Waals surface area contributed by atoms with Gasteiger partial charge in [0.05, 0.1) is 17.9 Å². The van der Waals surface area contributed by atoms with Crippen LogP contribution in [0.5, 0.6) is 0 Å². The van der Waals surface area contributed by atoms with Gasteiger partial charge in [0.15, 0.2) is 0 Å². The van der Waals surface area contributed by atoms with Crippen LogP contribution in [0.2, 0.25) is 0 Å². The van der Waals surface area contributed by atoms with Crippen molar-refractivity contribution in [3.8, 4) is 0 Å². The molecule has 1 saturated heterocycles. The number of β-amino-alcohol motifs (C(OH)–C–C–N with tert-alkyl or cyclic N) is 1. The zero-order chi connectivity index (χ0) is 19.4. The van der Waals surface area contributed by atoms with Gasteiger partial charge in [-0.15, -0.1) is 0 Å². The average molecular weight is 392 g/mol. The van der Waals surface area contributed by atoms with Gasteiger partial charge in [0.1, 0.15) is 5.82 Å². The van der Waals surface area contributed by atoms with Gasteiger partial charge < -0.3 is 5.11 Å². The lowest BCUT2D eigenvalue weighted by Gasteiger charge is -2.31. The number of likely N-dealkylation sites (tertiary alicyclic amines) is 1. The molecule has 1 aliphatic rings. The Morgan fingerprint density at radius 3 is 2.44 bits per heavy atom. The highest BCUT2D eigenvalue weighted by molar-refractivity contribution is 7.88. The molecule has 27 heavy (non-hydrogen) atoms. The SMILES string of the molecule is CN(C(CN1CCC(O)C1)c1ccccc1)S(=O)(=O)Cc1ccc(F)cc1. The predicted molar refractivity (Wildman–Crippen MR) is 103 cm³/mol. The lowest BCUT2D eigenvalue weighted by Crippen LogP contribution is -2.39. The van der Waals surface area contributed by atoms with E-state index in [-0.39, 0.29) is 23.7 Å². The first-order valence-corrected chi connectivity index (χ1v) is 10.6. The average Bonchev–Trinajstić information content (AvgIpc) is 3.06. The summed E-state index contributed by atoms with van der Waals surface area (Å²) >= 11 is 0. The monoisotopic (exact) mass is 392 g/mol. The van der Waals surface area contributed by atoms with E-state index >= 15 is 0 Å². The molecule has 3 rings (SSSR count). The van der Waals surface area contributed by atoms with Crippen LogP contribution in [0.3, 0.4) is 0 Å². The Kier molecular flexibility index (Phi) is 6.26. The van der Waals surface area contributed by atoms with E-state index in [9.17, 15) is 17.9 Å². The molecule has 0 radical (unpaired) electrons. The summed E-state index contributed by atoms with van der Waals surface area (Å²) in [5.74, 6) is -0.574. The summed E-state index contributed by atoms with van der Waals surface area (Å²) in [5, 5.41) is 9.79. The molecular formula is C20H25FN2O3S. The van der Waals surface area contributed by atoms with Crippen LogP contribution in [0.4, 0.5) is 4.39 Å². The van der Waals surface area contributed by atoms with Gasteiger partial charge in [-0.25, -0.2) is 12.8 Å². The van der Waals surface area contributed by atoms with E-state index in [4.69, 9.17) is 0 Å². The van der Waals surface area contributed by atoms with Crippen LogP contribution in [-0.4, -0.2) is 55.5 Å². The number of rotatable bonds is 7. The molecule has 2 aromatic carbocycles. The third-order valence-electron chi connectivity index (χ3n) is 5.00. The number of aliphatic hydroxyl groups excluding tert-OH is 1. The normalized spacial score (nSPS) is 19.5. The van der Waals surface area contributed by atoms with Crippen LogP contribution in [0.25, 0.3) is 0 Å². The highest BCUT2D eigenvalue weighted by Gasteiger charge is 2.31. The predicted octanol–water partition coefficient (Wildman–Crippen LogP) is 2.40. The molecule has 7 heteroatoms. The van der Waals surface area contributed by atoms with Crippen molar-refractivity contribution in [2.45, 2.75) is 24.3 Å². The number of hydrogen-bond acceptors (Lipinski definition) is 4. The number of halogens is 1. The molecule has 1 aliphatic heterocycles. The quantitative estimate of drug-likeness (QED) is 0.786. The van der Waals surface area contributed by atoms with Crippen LogP contribution < -0.4 is 0 Å². The molecule has 0 bridgehead atoms. The Bertz CT molecular complexity index is 843. The molecule has 0 aliphatic carbocycles. The van der Waals surface area contributed by atoms with Crippen molar-refractivity contribution < 1.29 is 17.9 Å². The summed E-state index contributed by atoms with van der Waals surface area (Å²) < 4.78 is 40.5. The number of likely N-dealkylation sites (N-methyl/N-ethyl adjacent to an activating group) is 1. The van der Waals surface area contributed by atoms with Crippen LogP contribution in [0.1, 0.15) is 23.6 Å². The molecular weight excluding hydrogens is 367 g/mol. The Hall–Kier alpha value is -1.80. The van der Waals surface area contributed by atoms with Crippen molar-refractivity contribution in [3.05, 3.63) is 71.5 Å². The number of sulfonamides is 1. The Labute approximate surface area is 160 Å². The molecule has 2 aromatic rings. The summed E-state index contributed by atoms with van der Waals surface area (Å²) in [6.07, 6.45) is 0.343. The van der Waals surface area contributed by atoms with Crippen LogP contribution in [-0.2, 0) is 15.8 Å². The molecule has 1 heterocycles. The standard InChI is InChI=1S/C20H25FN2O3S/c1-22(27(25,26)15-16-7-9-18(21)10-8-16)20(17-5-3-2-4-6-17)14-23-12-11-19(24)13-23/h2-10,19-20,24H,11-15H2,1H3. The molecule has 2 unspecified atom stereocenters. The second-order valence-corrected chi connectivity index (χ2v) is 9.06. The van der Waals surface area contributed by atoms with Gasteiger partial charge in [0.25, 0.3) is 0 Å². The first kappa shape index (κ1) is 19.9. The van der Waals surface area contributed by atoms with Crippen LogP contribution in [0, 0.1) is 5.82 Å². The molecule has 1 fully saturated rings. The topological polar surface area (TPSA) is 60.9 Å². The van der Waals surface area contributed by atoms with Gasteiger partial charge in [-0.3, -0.25) is 4.90 Å². The summed E-state index contributed by atoms with van der Waals surface area (Å²) in [4.78, 5) is 2.09. The van der Waals surface area contributed by atoms with Gasteiger partial charge in [-0.2, -0.15) is 4.31 Å². The van der Waals surface area contributed by atoms with E-state index in [0.717, 1.165) is 12.1 Å². The number of benzene rings is 2. The molecule has 5 nitrogen and oxygen atoms in total. The van der Waals surface area contributed by atoms with Gasteiger partial charge in [0, 0.05) is 26.7 Å². The van der Waals surface area contributed by atoms with E-state index < -0.39 is 10.0 Å². The van der Waals surface area contributed by atoms with Crippen molar-refractivity contribution in [3.63, 3.8) is 0 Å². The summed E-state index contributed by atoms with van der Waals surface area (Å²) in [5.41, 5.74) is 1.45. The molecule has 0 amide bonds. The minimum absolute atomic E-state index is 0.185. The lowest BCUT2D eigenvalue weighted by molar-refractivity contribution is 0.167. The fraction of sp³-hybridized carbons (Fsp3) is 0.400. The molecule has 1 N–H and O–H groups in total. The molecule has 0 aromatic heterocycles. The Morgan fingerprint density at radius 1 is 1.19 bits per heavy atom. The van der Waals surface area contributed by atoms with E-state index in [1.807, 2.05) is 30.3 Å². The molecule has 0 spiro atoms. The summed E-state index contributed by atoms with van der Waals surface area (Å²) in [6.45, 7) is 1.81. The van der Waals surface area contributed by atoms with Gasteiger partial charge in [-0.1, -0.05) is 42.5 Å². The highest BCUT2D eigenvalue weighted by Crippen LogP contribution is 2.26. The number of nitrogens with zero attached hydrogens (tertiary/aromatic N) is 2. The zero-order valence-electron chi connectivity index (χ0n) is 15.3. The zero-order valence-corrected chi connectivity index (χ0v) is 16.1. The third kappa shape index (κ3) is 5.13. The van der Waals surface area contributed by atoms with Crippen LogP contribution >= 0.6 is 0 Å². The second-order valence-electron chi connectivity index (χ2n) is 7.03. The van der Waals surface area contributed by atoms with E-state index in [2.05, 4.69) is 4.90 Å². The minimum atomic E-state index is -3.61. The van der Waals surface area contributed by atoms with Crippen molar-refractivity contribution >= 4 is 10.0 Å². The molecule has 146 valence electrons. The van der Waals surface area contributed by atoms with Gasteiger partial charge in [0.2, 0.25) is 10.0 Å². The number of aliphatic hydroxyl groups is 1. The van der Waals surface area contributed by atoms with Crippen molar-refractivity contribution in [2.24, 2.45) is 0 Å². The highest BCUT2D eigenvalue weighted by atomic mass is 32.2. The van der Waals surface area contributed by atoms with Crippen molar-refractivity contribution in [1.82, 2.24) is 9.21 Å². The number of hydrogen-bond donors (Lipinski definition) is 1. The van der Waals surface area contributed by atoms with Crippen molar-refractivity contribution in [2.75, 3.05) is 26.7 Å². The second kappa shape index (κ2) is 8.48. The van der Waals surface area contributed by atoms with E-state index in [0.29, 0.717) is 25.1 Å². The fourth-order valence-electron chi connectivity index (χ4n) is 3.42. The van der Waals surface area contributed by atoms with Gasteiger partial charge >= 0.3 is 0 Å². The fourth-order valence-corrected chi connectivity index (χ4v) is 4.81. The summed E-state index contributed by atoms with van der Waals surface area (Å²) in [7, 11) is -2.02. The van der Waals surface area contributed by atoms with Gasteiger partial charge in [-0.05, 0) is 29.7 Å².